The van der Waals surface area contributed by atoms with E-state index in [1.807, 2.05) is 121 Å². The summed E-state index contributed by atoms with van der Waals surface area (Å²) in [6.45, 7) is 0. The van der Waals surface area contributed by atoms with Crippen molar-refractivity contribution in [3.8, 4) is 96.3 Å². The normalized spacial score (nSPS) is 10.9. The van der Waals surface area contributed by atoms with Crippen LogP contribution < -0.4 is 0 Å². The van der Waals surface area contributed by atoms with Gasteiger partial charge in [-0.2, -0.15) is 5.26 Å². The smallest absolute Gasteiger partial charge is 0.248 e. The van der Waals surface area contributed by atoms with E-state index in [2.05, 4.69) is 83.0 Å². The second kappa shape index (κ2) is 14.7. The van der Waals surface area contributed by atoms with Crippen molar-refractivity contribution in [1.82, 2.24) is 20.2 Å². The monoisotopic (exact) mass is 705 g/mol. The Bertz CT molecular complexity index is 2750. The third-order valence-corrected chi connectivity index (χ3v) is 9.54. The molecule has 0 fully saturated rings. The predicted molar refractivity (Wildman–Crippen MR) is 218 cm³/mol. The Morgan fingerprint density at radius 2 is 0.800 bits per heavy atom. The largest absolute Gasteiger partial charge is 0.416 e. The second-order valence-corrected chi connectivity index (χ2v) is 13.1. The van der Waals surface area contributed by atoms with E-state index in [0.29, 0.717) is 23.2 Å². The van der Waals surface area contributed by atoms with Gasteiger partial charge in [0.15, 0.2) is 5.82 Å². The van der Waals surface area contributed by atoms with Crippen LogP contribution in [0.1, 0.15) is 5.56 Å². The molecule has 7 aromatic carbocycles. The molecule has 0 aliphatic carbocycles. The molecular weight excluding hydrogens is 675 g/mol. The highest BCUT2D eigenvalue weighted by molar-refractivity contribution is 5.82. The Morgan fingerprint density at radius 3 is 1.38 bits per heavy atom. The van der Waals surface area contributed by atoms with Crippen LogP contribution in [0.5, 0.6) is 0 Å². The fourth-order valence-electron chi connectivity index (χ4n) is 6.70. The molecule has 2 aromatic heterocycles. The zero-order valence-corrected chi connectivity index (χ0v) is 29.5. The van der Waals surface area contributed by atoms with Crippen LogP contribution in [-0.4, -0.2) is 20.2 Å². The van der Waals surface area contributed by atoms with Crippen LogP contribution in [0.25, 0.3) is 90.2 Å². The van der Waals surface area contributed by atoms with Crippen molar-refractivity contribution >= 4 is 0 Å². The minimum atomic E-state index is 0.457. The molecule has 0 spiro atoms. The van der Waals surface area contributed by atoms with Gasteiger partial charge >= 0.3 is 0 Å². The van der Waals surface area contributed by atoms with E-state index in [4.69, 9.17) is 14.4 Å². The van der Waals surface area contributed by atoms with Crippen LogP contribution in [0.2, 0.25) is 0 Å². The lowest BCUT2D eigenvalue weighted by Crippen LogP contribution is -1.96. The number of hydrogen-bond donors (Lipinski definition) is 0. The maximum Gasteiger partial charge on any atom is 0.248 e. The van der Waals surface area contributed by atoms with Crippen LogP contribution in [0, 0.1) is 11.3 Å². The van der Waals surface area contributed by atoms with E-state index >= 15 is 0 Å². The molecule has 0 saturated carbocycles. The van der Waals surface area contributed by atoms with E-state index in [1.165, 1.54) is 0 Å². The van der Waals surface area contributed by atoms with E-state index in [-0.39, 0.29) is 0 Å². The lowest BCUT2D eigenvalue weighted by atomic mass is 9.92. The molecule has 0 N–H and O–H groups in total. The predicted octanol–water partition coefficient (Wildman–Crippen LogP) is 12.1. The molecule has 55 heavy (non-hydrogen) atoms. The minimum Gasteiger partial charge on any atom is -0.416 e. The maximum atomic E-state index is 10.2. The number of nitriles is 1. The molecule has 258 valence electrons. The van der Waals surface area contributed by atoms with Crippen molar-refractivity contribution in [3.63, 3.8) is 0 Å². The number of rotatable bonds is 8. The fourth-order valence-corrected chi connectivity index (χ4v) is 6.70. The summed E-state index contributed by atoms with van der Waals surface area (Å²) in [5.41, 5.74) is 12.9. The molecule has 6 heteroatoms. The quantitative estimate of drug-likeness (QED) is 0.156. The van der Waals surface area contributed by atoms with Crippen LogP contribution in [0.4, 0.5) is 0 Å². The van der Waals surface area contributed by atoms with E-state index in [1.54, 1.807) is 0 Å². The van der Waals surface area contributed by atoms with Crippen LogP contribution in [-0.2, 0) is 0 Å². The molecule has 0 bridgehead atoms. The summed E-state index contributed by atoms with van der Waals surface area (Å²) in [7, 11) is 0. The third-order valence-electron chi connectivity index (χ3n) is 9.54. The Kier molecular flexibility index (Phi) is 8.85. The summed E-state index contributed by atoms with van der Waals surface area (Å²) >= 11 is 0. The molecule has 0 aliphatic rings. The zero-order valence-electron chi connectivity index (χ0n) is 29.5. The van der Waals surface area contributed by atoms with Crippen molar-refractivity contribution in [1.29, 1.82) is 5.26 Å². The molecule has 2 heterocycles. The van der Waals surface area contributed by atoms with Crippen LogP contribution in [0.15, 0.2) is 192 Å². The summed E-state index contributed by atoms with van der Waals surface area (Å²) < 4.78 is 5.97. The van der Waals surface area contributed by atoms with Crippen molar-refractivity contribution < 1.29 is 4.42 Å². The molecule has 0 radical (unpaired) electrons. The average molecular weight is 706 g/mol. The van der Waals surface area contributed by atoms with Crippen LogP contribution in [0.3, 0.4) is 0 Å². The summed E-state index contributed by atoms with van der Waals surface area (Å²) in [6.07, 6.45) is 0. The van der Waals surface area contributed by atoms with Gasteiger partial charge in [0.25, 0.3) is 0 Å². The molecule has 9 aromatic rings. The van der Waals surface area contributed by atoms with Crippen molar-refractivity contribution in [2.24, 2.45) is 0 Å². The molecule has 0 amide bonds. The van der Waals surface area contributed by atoms with Gasteiger partial charge in [-0.05, 0) is 82.4 Å². The number of nitrogens with zero attached hydrogens (tertiary/aromatic N) is 5. The Hall–Kier alpha value is -7.75. The molecule has 0 atom stereocenters. The van der Waals surface area contributed by atoms with Crippen LogP contribution >= 0.6 is 0 Å². The minimum absolute atomic E-state index is 0.457. The fraction of sp³-hybridized carbons (Fsp3) is 0. The first-order chi connectivity index (χ1) is 27.2. The Labute approximate surface area is 318 Å². The number of benzene rings is 7. The lowest BCUT2D eigenvalue weighted by Gasteiger charge is -2.12. The maximum absolute atomic E-state index is 10.2. The average Bonchev–Trinajstić information content (AvgIpc) is 3.78. The molecule has 9 rings (SSSR count). The van der Waals surface area contributed by atoms with Gasteiger partial charge in [0.05, 0.1) is 23.0 Å². The van der Waals surface area contributed by atoms with Gasteiger partial charge in [-0.1, -0.05) is 133 Å². The van der Waals surface area contributed by atoms with Gasteiger partial charge in [0, 0.05) is 33.4 Å². The summed E-state index contributed by atoms with van der Waals surface area (Å²) in [5.74, 6) is 1.59. The molecule has 6 nitrogen and oxygen atoms in total. The van der Waals surface area contributed by atoms with Crippen molar-refractivity contribution in [2.45, 2.75) is 0 Å². The van der Waals surface area contributed by atoms with Gasteiger partial charge in [0.1, 0.15) is 0 Å². The second-order valence-electron chi connectivity index (χ2n) is 13.1. The molecule has 0 saturated heterocycles. The summed E-state index contributed by atoms with van der Waals surface area (Å²) in [4.78, 5) is 10.1. The van der Waals surface area contributed by atoms with Gasteiger partial charge in [-0.3, -0.25) is 0 Å². The Balaban J connectivity index is 1.03. The first-order valence-corrected chi connectivity index (χ1v) is 17.9. The highest BCUT2D eigenvalue weighted by Crippen LogP contribution is 2.35. The molecule has 0 aliphatic heterocycles. The van der Waals surface area contributed by atoms with E-state index in [0.717, 1.165) is 72.6 Å². The zero-order chi connectivity index (χ0) is 37.0. The third kappa shape index (κ3) is 6.94. The first-order valence-electron chi connectivity index (χ1n) is 17.9. The highest BCUT2D eigenvalue weighted by atomic mass is 16.4. The topological polar surface area (TPSA) is 88.5 Å². The van der Waals surface area contributed by atoms with E-state index in [9.17, 15) is 5.26 Å². The van der Waals surface area contributed by atoms with E-state index < -0.39 is 0 Å². The molecule has 0 unspecified atom stereocenters. The standard InChI is InChI=1S/C49H31N5O/c50-32-43-27-26-40(33-22-24-37(25-23-33)49-54-53-48(55-49)36-16-8-3-9-17-36)30-44(43)41-20-10-18-38(28-41)39-19-11-21-42(29-39)47-51-45(34-12-4-1-5-13-34)31-46(52-47)35-14-6-2-7-15-35/h1-31H. The highest BCUT2D eigenvalue weighted by Gasteiger charge is 2.14. The SMILES string of the molecule is N#Cc1ccc(-c2ccc(-c3nnc(-c4ccccc4)o3)cc2)cc1-c1cccc(-c2cccc(-c3nc(-c4ccccc4)cc(-c4ccccc4)n3)c2)c1. The summed E-state index contributed by atoms with van der Waals surface area (Å²) in [6, 6.07) is 65.2. The van der Waals surface area contributed by atoms with Gasteiger partial charge < -0.3 is 4.42 Å². The lowest BCUT2D eigenvalue weighted by molar-refractivity contribution is 0.584. The number of hydrogen-bond acceptors (Lipinski definition) is 6. The Morgan fingerprint density at radius 1 is 0.364 bits per heavy atom. The van der Waals surface area contributed by atoms with Gasteiger partial charge in [-0.25, -0.2) is 9.97 Å². The van der Waals surface area contributed by atoms with Gasteiger partial charge in [-0.15, -0.1) is 10.2 Å². The van der Waals surface area contributed by atoms with Crippen molar-refractivity contribution in [2.75, 3.05) is 0 Å². The van der Waals surface area contributed by atoms with Crippen molar-refractivity contribution in [3.05, 3.63) is 194 Å². The molecular formula is C49H31N5O. The summed E-state index contributed by atoms with van der Waals surface area (Å²) in [5, 5.41) is 18.7. The van der Waals surface area contributed by atoms with Gasteiger partial charge in [0.2, 0.25) is 11.8 Å². The number of aromatic nitrogens is 4. The first kappa shape index (κ1) is 33.1.